The smallest absolute Gasteiger partial charge is 0.407 e. The van der Waals surface area contributed by atoms with Crippen molar-refractivity contribution >= 4 is 52.3 Å². The van der Waals surface area contributed by atoms with E-state index in [1.165, 1.54) is 10.6 Å². The van der Waals surface area contributed by atoms with E-state index in [0.29, 0.717) is 51.8 Å². The zero-order valence-electron chi connectivity index (χ0n) is 43.0. The van der Waals surface area contributed by atoms with Crippen molar-refractivity contribution in [3.8, 4) is 22.5 Å². The molecule has 0 fully saturated rings. The maximum absolute atomic E-state index is 15.4. The topological polar surface area (TPSA) is 250 Å². The third-order valence-corrected chi connectivity index (χ3v) is 15.3. The molecule has 0 spiro atoms. The molecule has 3 atom stereocenters. The lowest BCUT2D eigenvalue weighted by molar-refractivity contribution is -0.172. The second kappa shape index (κ2) is 22.3. The van der Waals surface area contributed by atoms with Crippen molar-refractivity contribution in [3.05, 3.63) is 157 Å². The van der Waals surface area contributed by atoms with Gasteiger partial charge in [-0.3, -0.25) is 28.8 Å². The van der Waals surface area contributed by atoms with E-state index in [4.69, 9.17) is 19.2 Å². The van der Waals surface area contributed by atoms with Crippen molar-refractivity contribution in [2.75, 3.05) is 26.5 Å². The molecule has 4 aromatic carbocycles. The van der Waals surface area contributed by atoms with Gasteiger partial charge in [0.25, 0.3) is 5.56 Å². The first-order chi connectivity index (χ1) is 37.6. The van der Waals surface area contributed by atoms with Crippen LogP contribution in [0.15, 0.2) is 95.8 Å². The highest BCUT2D eigenvalue weighted by atomic mass is 19.1. The number of hydrogen-bond acceptors (Lipinski definition) is 13. The van der Waals surface area contributed by atoms with Crippen LogP contribution < -0.4 is 26.8 Å². The minimum Gasteiger partial charge on any atom is -0.458 e. The first-order valence-electron chi connectivity index (χ1n) is 26.0. The number of alkyl carbamates (subject to hydrolysis) is 1. The second-order valence-electron chi connectivity index (χ2n) is 20.1. The number of nitrogens with one attached hydrogen (secondary N) is 4. The number of ether oxygens (including phenoxy) is 3. The summed E-state index contributed by atoms with van der Waals surface area (Å²) in [6, 6.07) is 26.1. The Kier molecular flexibility index (Phi) is 15.1. The standard InChI is InChI=1S/C59H57FN6O12/c1-3-59(75)43-24-48-55-40(27-66(48)56(72)42(43)29-77-57(59)73)54-45(19-18-35-32(2)44(60)25-47(65-55)53(35)54)63-52(71)30-76-31-62-50(69)22-20-49(68)46(23-33-11-5-4-6-12-33)64-51(70)21-17-34(67)26-61-58(74)78-28-41-38-15-9-7-13-36(38)37-14-8-10-16-39(37)41/h4-16,24-25,41,45-46,75H,3,17-23,26-31H2,1-2H3,(H,61,74)(H,62,69)(H,63,71)(H,64,70)/t45-,46-,59-/m0/s1. The summed E-state index contributed by atoms with van der Waals surface area (Å²) < 4.78 is 33.2. The van der Waals surface area contributed by atoms with Gasteiger partial charge in [-0.25, -0.2) is 19.0 Å². The van der Waals surface area contributed by atoms with Crippen LogP contribution in [0.2, 0.25) is 0 Å². The van der Waals surface area contributed by atoms with Gasteiger partial charge in [-0.2, -0.15) is 0 Å². The number of pyridine rings is 2. The van der Waals surface area contributed by atoms with E-state index < -0.39 is 77.0 Å². The molecule has 6 aromatic rings. The van der Waals surface area contributed by atoms with Gasteiger partial charge < -0.3 is 45.2 Å². The van der Waals surface area contributed by atoms with Gasteiger partial charge in [-0.15, -0.1) is 0 Å². The number of benzene rings is 4. The molecule has 4 aliphatic rings. The number of carbonyl (C=O) groups excluding carboxylic acids is 7. The van der Waals surface area contributed by atoms with Gasteiger partial charge in [0.15, 0.2) is 17.2 Å². The highest BCUT2D eigenvalue weighted by Gasteiger charge is 2.46. The Morgan fingerprint density at radius 1 is 0.859 bits per heavy atom. The number of halogens is 1. The molecule has 0 saturated carbocycles. The van der Waals surface area contributed by atoms with E-state index in [0.717, 1.165) is 33.4 Å². The third-order valence-electron chi connectivity index (χ3n) is 15.3. The number of carbonyl (C=O) groups is 7. The molecule has 2 aromatic heterocycles. The molecular formula is C59H57FN6O12. The summed E-state index contributed by atoms with van der Waals surface area (Å²) in [6.07, 6.45) is -0.831. The summed E-state index contributed by atoms with van der Waals surface area (Å²) in [7, 11) is 0. The molecule has 4 amide bonds. The van der Waals surface area contributed by atoms with Crippen LogP contribution in [0.25, 0.3) is 33.4 Å². The first-order valence-corrected chi connectivity index (χ1v) is 26.0. The van der Waals surface area contributed by atoms with Crippen molar-refractivity contribution in [1.82, 2.24) is 30.8 Å². The van der Waals surface area contributed by atoms with E-state index in [-0.39, 0.29) is 88.6 Å². The predicted octanol–water partition coefficient (Wildman–Crippen LogP) is 5.69. The van der Waals surface area contributed by atoms with Gasteiger partial charge >= 0.3 is 12.1 Å². The number of esters is 1. The summed E-state index contributed by atoms with van der Waals surface area (Å²) in [4.78, 5) is 110. The van der Waals surface area contributed by atoms with Crippen LogP contribution in [-0.2, 0) is 74.6 Å². The lowest BCUT2D eigenvalue weighted by Gasteiger charge is -2.31. The van der Waals surface area contributed by atoms with Crippen molar-refractivity contribution in [3.63, 3.8) is 0 Å². The van der Waals surface area contributed by atoms with Crippen LogP contribution >= 0.6 is 0 Å². The molecule has 0 bridgehead atoms. The van der Waals surface area contributed by atoms with Crippen molar-refractivity contribution < 1.29 is 57.3 Å². The summed E-state index contributed by atoms with van der Waals surface area (Å²) >= 11 is 0. The van der Waals surface area contributed by atoms with Crippen LogP contribution in [0, 0.1) is 12.7 Å². The number of ketones is 2. The number of aromatic nitrogens is 2. The Morgan fingerprint density at radius 2 is 1.56 bits per heavy atom. The van der Waals surface area contributed by atoms with Crippen LogP contribution in [0.1, 0.15) is 107 Å². The van der Waals surface area contributed by atoms with Gasteiger partial charge in [0.2, 0.25) is 17.7 Å². The molecule has 10 rings (SSSR count). The molecule has 18 nitrogen and oxygen atoms in total. The Labute approximate surface area is 447 Å². The Balaban J connectivity index is 0.700. The first kappa shape index (κ1) is 53.0. The van der Waals surface area contributed by atoms with Gasteiger partial charge in [0.05, 0.1) is 47.6 Å². The summed E-state index contributed by atoms with van der Waals surface area (Å²) in [5, 5.41) is 22.8. The average Bonchev–Trinajstić information content (AvgIpc) is 3.92. The minimum atomic E-state index is -2.04. The highest BCUT2D eigenvalue weighted by Crippen LogP contribution is 2.47. The number of amides is 4. The number of fused-ring (bicyclic) bond motifs is 8. The fourth-order valence-electron chi connectivity index (χ4n) is 11.2. The molecule has 402 valence electrons. The predicted molar refractivity (Wildman–Crippen MR) is 281 cm³/mol. The quantitative estimate of drug-likeness (QED) is 0.0350. The lowest BCUT2D eigenvalue weighted by Crippen LogP contribution is -2.44. The van der Waals surface area contributed by atoms with Gasteiger partial charge in [-0.05, 0) is 83.2 Å². The normalized spacial score (nSPS) is 16.9. The van der Waals surface area contributed by atoms with Crippen LogP contribution in [-0.4, -0.2) is 88.5 Å². The fourth-order valence-corrected chi connectivity index (χ4v) is 11.2. The largest absolute Gasteiger partial charge is 0.458 e. The van der Waals surface area contributed by atoms with Crippen LogP contribution in [0.5, 0.6) is 0 Å². The van der Waals surface area contributed by atoms with Gasteiger partial charge in [0, 0.05) is 54.2 Å². The number of aliphatic hydroxyl groups is 1. The van der Waals surface area contributed by atoms with E-state index in [1.807, 2.05) is 54.6 Å². The van der Waals surface area contributed by atoms with Crippen molar-refractivity contribution in [1.29, 1.82) is 0 Å². The molecule has 78 heavy (non-hydrogen) atoms. The molecule has 0 unspecified atom stereocenters. The molecule has 2 aliphatic carbocycles. The number of aryl methyl sites for hydroxylation is 1. The number of Topliss-reactive ketones (excluding diaryl/α,β-unsaturated/α-hetero) is 2. The molecule has 5 N–H and O–H groups in total. The van der Waals surface area contributed by atoms with E-state index in [9.17, 15) is 43.5 Å². The molecular weight excluding hydrogens is 1000 g/mol. The number of rotatable bonds is 20. The molecule has 4 heterocycles. The SMILES string of the molecule is CC[C@@]1(O)C(=O)OCc2c1cc1n(c2=O)Cc2c-1nc1cc(F)c(C)c3c1c2[C@@H](NC(=O)COCNC(=O)CCC(=O)[C@H](Cc1ccccc1)NC(=O)CCC(=O)CNC(=O)OCC1c2ccccc2-c2ccccc21)CC3. The highest BCUT2D eigenvalue weighted by molar-refractivity contribution is 5.95. The number of hydrogen-bond donors (Lipinski definition) is 5. The maximum Gasteiger partial charge on any atom is 0.407 e. The average molecular weight is 1060 g/mol. The zero-order valence-corrected chi connectivity index (χ0v) is 43.0. The molecule has 0 radical (unpaired) electrons. The van der Waals surface area contributed by atoms with Gasteiger partial charge in [0.1, 0.15) is 32.4 Å². The second-order valence-corrected chi connectivity index (χ2v) is 20.1. The molecule has 2 aliphatic heterocycles. The van der Waals surface area contributed by atoms with E-state index in [2.05, 4.69) is 21.3 Å². The van der Waals surface area contributed by atoms with Crippen LogP contribution in [0.4, 0.5) is 9.18 Å². The summed E-state index contributed by atoms with van der Waals surface area (Å²) in [6.45, 7) is 1.94. The minimum absolute atomic E-state index is 0.0418. The maximum atomic E-state index is 15.4. The lowest BCUT2D eigenvalue weighted by atomic mass is 9.81. The van der Waals surface area contributed by atoms with E-state index >= 15 is 4.39 Å². The number of cyclic esters (lactones) is 1. The van der Waals surface area contributed by atoms with Gasteiger partial charge in [-0.1, -0.05) is 85.8 Å². The van der Waals surface area contributed by atoms with Crippen molar-refractivity contribution in [2.24, 2.45) is 0 Å². The van der Waals surface area contributed by atoms with Crippen LogP contribution in [0.3, 0.4) is 0 Å². The fraction of sp³-hybridized carbons (Fsp3) is 0.339. The Bertz CT molecular complexity index is 3460. The van der Waals surface area contributed by atoms with Crippen molar-refractivity contribution in [2.45, 2.75) is 102 Å². The third kappa shape index (κ3) is 10.4. The summed E-state index contributed by atoms with van der Waals surface area (Å²) in [5.41, 5.74) is 6.31. The Morgan fingerprint density at radius 3 is 2.29 bits per heavy atom. The number of nitrogens with zero attached hydrogens (tertiary/aromatic N) is 2. The van der Waals surface area contributed by atoms with E-state index in [1.54, 1.807) is 44.2 Å². The molecule has 0 saturated heterocycles. The summed E-state index contributed by atoms with van der Waals surface area (Å²) in [5.74, 6) is -3.94. The monoisotopic (exact) mass is 1060 g/mol. The Hall–Kier alpha value is -8.42. The zero-order chi connectivity index (χ0) is 54.8. The molecule has 19 heteroatoms.